The van der Waals surface area contributed by atoms with Crippen molar-refractivity contribution in [2.45, 2.75) is 13.3 Å². The molecule has 0 spiro atoms. The minimum Gasteiger partial charge on any atom is -0.481 e. The molecule has 2 rings (SSSR count). The van der Waals surface area contributed by atoms with Gasteiger partial charge in [0.1, 0.15) is 0 Å². The van der Waals surface area contributed by atoms with Crippen molar-refractivity contribution in [3.8, 4) is 5.69 Å². The Kier molecular flexibility index (Phi) is 4.65. The Labute approximate surface area is 121 Å². The molecular weight excluding hydrogens is 272 g/mol. The van der Waals surface area contributed by atoms with E-state index in [1.165, 1.54) is 4.90 Å². The largest absolute Gasteiger partial charge is 0.481 e. The summed E-state index contributed by atoms with van der Waals surface area (Å²) in [7, 11) is 0. The highest BCUT2D eigenvalue weighted by Gasteiger charge is 2.15. The molecule has 0 aliphatic rings. The van der Waals surface area contributed by atoms with E-state index in [2.05, 4.69) is 10.3 Å². The van der Waals surface area contributed by atoms with Crippen LogP contribution in [0.3, 0.4) is 0 Å². The molecule has 1 aromatic heterocycles. The molecule has 0 saturated heterocycles. The number of carbonyl (C=O) groups is 2. The van der Waals surface area contributed by atoms with Gasteiger partial charge in [0.05, 0.1) is 24.5 Å². The second kappa shape index (κ2) is 6.65. The zero-order valence-electron chi connectivity index (χ0n) is 11.6. The smallest absolute Gasteiger partial charge is 0.305 e. The summed E-state index contributed by atoms with van der Waals surface area (Å²) >= 11 is 0. The van der Waals surface area contributed by atoms with E-state index in [0.717, 1.165) is 5.69 Å². The predicted molar refractivity (Wildman–Crippen MR) is 75.2 cm³/mol. The van der Waals surface area contributed by atoms with Crippen LogP contribution in [0.25, 0.3) is 5.69 Å². The average molecular weight is 288 g/mol. The molecule has 1 heterocycles. The topological polar surface area (TPSA) is 88.3 Å². The molecule has 1 N–H and O–H groups in total. The van der Waals surface area contributed by atoms with Crippen molar-refractivity contribution in [2.75, 3.05) is 13.1 Å². The number of nitrogens with zero attached hydrogens (tertiary/aromatic N) is 4. The van der Waals surface area contributed by atoms with E-state index in [4.69, 9.17) is 5.11 Å². The molecule has 0 radical (unpaired) electrons. The lowest BCUT2D eigenvalue weighted by Gasteiger charge is -2.20. The molecule has 7 nitrogen and oxygen atoms in total. The highest BCUT2D eigenvalue weighted by Crippen LogP contribution is 2.12. The van der Waals surface area contributed by atoms with Crippen molar-refractivity contribution in [1.29, 1.82) is 0 Å². The number of carboxylic acids is 1. The van der Waals surface area contributed by atoms with Crippen LogP contribution in [-0.2, 0) is 4.79 Å². The van der Waals surface area contributed by atoms with Gasteiger partial charge in [0, 0.05) is 18.7 Å². The van der Waals surface area contributed by atoms with E-state index < -0.39 is 5.97 Å². The van der Waals surface area contributed by atoms with Crippen LogP contribution in [0.15, 0.2) is 36.7 Å². The standard InChI is InChI=1S/C14H16N4O3/c1-2-17(8-6-13(19)20)14(21)11-4-3-5-12(10-11)18-9-7-15-16-18/h3-5,7,9-10H,2,6,8H2,1H3,(H,19,20). The van der Waals surface area contributed by atoms with Gasteiger partial charge in [0.25, 0.3) is 5.91 Å². The first kappa shape index (κ1) is 14.7. The van der Waals surface area contributed by atoms with E-state index in [0.29, 0.717) is 12.1 Å². The summed E-state index contributed by atoms with van der Waals surface area (Å²) < 4.78 is 1.56. The number of carbonyl (C=O) groups excluding carboxylic acids is 1. The van der Waals surface area contributed by atoms with Gasteiger partial charge >= 0.3 is 5.97 Å². The summed E-state index contributed by atoms with van der Waals surface area (Å²) in [5.41, 5.74) is 1.22. The second-order valence-corrected chi connectivity index (χ2v) is 4.43. The highest BCUT2D eigenvalue weighted by molar-refractivity contribution is 5.94. The van der Waals surface area contributed by atoms with Gasteiger partial charge in [-0.25, -0.2) is 4.68 Å². The van der Waals surface area contributed by atoms with Crippen LogP contribution in [0.5, 0.6) is 0 Å². The Morgan fingerprint density at radius 1 is 1.38 bits per heavy atom. The number of benzene rings is 1. The first-order valence-electron chi connectivity index (χ1n) is 6.59. The van der Waals surface area contributed by atoms with E-state index in [9.17, 15) is 9.59 Å². The van der Waals surface area contributed by atoms with Gasteiger partial charge in [0.2, 0.25) is 0 Å². The van der Waals surface area contributed by atoms with Crippen molar-refractivity contribution in [3.05, 3.63) is 42.2 Å². The van der Waals surface area contributed by atoms with Crippen molar-refractivity contribution >= 4 is 11.9 Å². The maximum Gasteiger partial charge on any atom is 0.305 e. The fourth-order valence-electron chi connectivity index (χ4n) is 1.94. The predicted octanol–water partition coefficient (Wildman–Crippen LogP) is 1.20. The molecule has 7 heteroatoms. The lowest BCUT2D eigenvalue weighted by atomic mass is 10.1. The molecule has 0 saturated carbocycles. The zero-order chi connectivity index (χ0) is 15.2. The zero-order valence-corrected chi connectivity index (χ0v) is 11.6. The fraction of sp³-hybridized carbons (Fsp3) is 0.286. The third kappa shape index (κ3) is 3.65. The highest BCUT2D eigenvalue weighted by atomic mass is 16.4. The van der Waals surface area contributed by atoms with Gasteiger partial charge in [0.15, 0.2) is 0 Å². The van der Waals surface area contributed by atoms with Crippen LogP contribution in [0.1, 0.15) is 23.7 Å². The van der Waals surface area contributed by atoms with Gasteiger partial charge in [-0.15, -0.1) is 5.10 Å². The third-order valence-electron chi connectivity index (χ3n) is 3.04. The molecule has 2 aromatic rings. The first-order valence-corrected chi connectivity index (χ1v) is 6.59. The molecule has 0 bridgehead atoms. The van der Waals surface area contributed by atoms with Crippen molar-refractivity contribution < 1.29 is 14.7 Å². The number of aromatic nitrogens is 3. The van der Waals surface area contributed by atoms with Crippen molar-refractivity contribution in [3.63, 3.8) is 0 Å². The van der Waals surface area contributed by atoms with Crippen LogP contribution in [-0.4, -0.2) is 50.0 Å². The Morgan fingerprint density at radius 2 is 2.19 bits per heavy atom. The van der Waals surface area contributed by atoms with Crippen LogP contribution in [0, 0.1) is 0 Å². The summed E-state index contributed by atoms with van der Waals surface area (Å²) in [6.45, 7) is 2.47. The van der Waals surface area contributed by atoms with E-state index in [-0.39, 0.29) is 18.9 Å². The van der Waals surface area contributed by atoms with Crippen LogP contribution < -0.4 is 0 Å². The molecule has 0 atom stereocenters. The number of aliphatic carboxylic acids is 1. The van der Waals surface area contributed by atoms with Gasteiger partial charge in [-0.3, -0.25) is 9.59 Å². The molecule has 21 heavy (non-hydrogen) atoms. The minimum atomic E-state index is -0.919. The Balaban J connectivity index is 2.18. The number of carboxylic acid groups (broad SMARTS) is 1. The summed E-state index contributed by atoms with van der Waals surface area (Å²) in [6.07, 6.45) is 3.17. The number of hydrogen-bond acceptors (Lipinski definition) is 4. The van der Waals surface area contributed by atoms with E-state index >= 15 is 0 Å². The van der Waals surface area contributed by atoms with E-state index in [1.807, 2.05) is 13.0 Å². The average Bonchev–Trinajstić information content (AvgIpc) is 3.02. The third-order valence-corrected chi connectivity index (χ3v) is 3.04. The number of rotatable bonds is 6. The lowest BCUT2D eigenvalue weighted by molar-refractivity contribution is -0.137. The fourth-order valence-corrected chi connectivity index (χ4v) is 1.94. The monoisotopic (exact) mass is 288 g/mol. The lowest BCUT2D eigenvalue weighted by Crippen LogP contribution is -2.32. The normalized spacial score (nSPS) is 10.3. The summed E-state index contributed by atoms with van der Waals surface area (Å²) in [5, 5.41) is 16.3. The SMILES string of the molecule is CCN(CCC(=O)O)C(=O)c1cccc(-n2ccnn2)c1. The maximum absolute atomic E-state index is 12.4. The number of amides is 1. The first-order chi connectivity index (χ1) is 10.1. The molecule has 0 aliphatic carbocycles. The molecular formula is C14H16N4O3. The molecule has 0 fully saturated rings. The maximum atomic E-state index is 12.4. The van der Waals surface area contributed by atoms with Gasteiger partial charge < -0.3 is 10.0 Å². The molecule has 0 unspecified atom stereocenters. The molecule has 1 aromatic carbocycles. The van der Waals surface area contributed by atoms with Crippen LogP contribution in [0.2, 0.25) is 0 Å². The van der Waals surface area contributed by atoms with E-state index in [1.54, 1.807) is 35.3 Å². The quantitative estimate of drug-likeness (QED) is 0.863. The molecule has 0 aliphatic heterocycles. The van der Waals surface area contributed by atoms with Crippen molar-refractivity contribution in [1.82, 2.24) is 19.9 Å². The summed E-state index contributed by atoms with van der Waals surface area (Å²) in [6, 6.07) is 6.99. The minimum absolute atomic E-state index is 0.0671. The van der Waals surface area contributed by atoms with Gasteiger partial charge in [-0.05, 0) is 25.1 Å². The van der Waals surface area contributed by atoms with Gasteiger partial charge in [-0.1, -0.05) is 11.3 Å². The Hall–Kier alpha value is -2.70. The molecule has 1 amide bonds. The Morgan fingerprint density at radius 3 is 2.81 bits per heavy atom. The van der Waals surface area contributed by atoms with Crippen LogP contribution >= 0.6 is 0 Å². The second-order valence-electron chi connectivity index (χ2n) is 4.43. The summed E-state index contributed by atoms with van der Waals surface area (Å²) in [5.74, 6) is -1.11. The Bertz CT molecular complexity index is 625. The van der Waals surface area contributed by atoms with Crippen molar-refractivity contribution in [2.24, 2.45) is 0 Å². The molecule has 110 valence electrons. The van der Waals surface area contributed by atoms with Crippen LogP contribution in [0.4, 0.5) is 0 Å². The summed E-state index contributed by atoms with van der Waals surface area (Å²) in [4.78, 5) is 24.5. The van der Waals surface area contributed by atoms with Gasteiger partial charge in [-0.2, -0.15) is 0 Å². The number of hydrogen-bond donors (Lipinski definition) is 1.